The van der Waals surface area contributed by atoms with Crippen molar-refractivity contribution in [1.29, 1.82) is 0 Å². The van der Waals surface area contributed by atoms with Crippen LogP contribution >= 0.6 is 15.9 Å². The van der Waals surface area contributed by atoms with Gasteiger partial charge in [0.15, 0.2) is 0 Å². The van der Waals surface area contributed by atoms with E-state index >= 15 is 0 Å². The minimum absolute atomic E-state index is 0.225. The first-order valence-electron chi connectivity index (χ1n) is 5.88. The minimum atomic E-state index is -0.678. The molecular weight excluding hydrogens is 315 g/mol. The molecule has 0 spiro atoms. The van der Waals surface area contributed by atoms with E-state index in [1.54, 1.807) is 11.8 Å². The third-order valence-corrected chi connectivity index (χ3v) is 4.17. The lowest BCUT2D eigenvalue weighted by Gasteiger charge is -2.21. The van der Waals surface area contributed by atoms with Crippen molar-refractivity contribution in [3.8, 4) is 0 Å². The van der Waals surface area contributed by atoms with Crippen LogP contribution in [0, 0.1) is 11.2 Å². The number of carbonyl (C=O) groups excluding carboxylic acids is 2. The molecule has 2 N–H and O–H groups in total. The highest BCUT2D eigenvalue weighted by Crippen LogP contribution is 2.31. The highest BCUT2D eigenvalue weighted by molar-refractivity contribution is 9.10. The average molecular weight is 329 g/mol. The number of carbonyl (C=O) groups is 2. The fraction of sp³-hybridized carbons (Fsp3) is 0.385. The standard InChI is InChI=1S/C13H14BrFN2O2/c1-13(12(16)19)4-5-17(7-13)11(18)9-3-2-8(15)6-10(9)14/h2-3,6H,4-5,7H2,1H3,(H2,16,19). The van der Waals surface area contributed by atoms with Crippen molar-refractivity contribution in [1.82, 2.24) is 4.90 Å². The van der Waals surface area contributed by atoms with Crippen molar-refractivity contribution in [3.05, 3.63) is 34.1 Å². The topological polar surface area (TPSA) is 63.4 Å². The summed E-state index contributed by atoms with van der Waals surface area (Å²) in [7, 11) is 0. The van der Waals surface area contributed by atoms with Crippen LogP contribution in [0.25, 0.3) is 0 Å². The molecule has 1 aliphatic rings. The van der Waals surface area contributed by atoms with Crippen LogP contribution in [0.3, 0.4) is 0 Å². The van der Waals surface area contributed by atoms with Crippen molar-refractivity contribution in [2.45, 2.75) is 13.3 Å². The zero-order valence-corrected chi connectivity index (χ0v) is 12.0. The first kappa shape index (κ1) is 14.0. The van der Waals surface area contributed by atoms with E-state index in [1.807, 2.05) is 0 Å². The normalized spacial score (nSPS) is 22.6. The zero-order chi connectivity index (χ0) is 14.2. The molecule has 1 aromatic carbocycles. The summed E-state index contributed by atoms with van der Waals surface area (Å²) in [5, 5.41) is 0. The molecule has 1 fully saturated rings. The molecule has 0 bridgehead atoms. The van der Waals surface area contributed by atoms with Crippen LogP contribution < -0.4 is 5.73 Å². The molecule has 0 radical (unpaired) electrons. The Morgan fingerprint density at radius 1 is 1.47 bits per heavy atom. The molecule has 4 nitrogen and oxygen atoms in total. The molecular formula is C13H14BrFN2O2. The quantitative estimate of drug-likeness (QED) is 0.901. The number of nitrogens with two attached hydrogens (primary N) is 1. The van der Waals surface area contributed by atoms with Crippen LogP contribution in [0.4, 0.5) is 4.39 Å². The Balaban J connectivity index is 2.20. The van der Waals surface area contributed by atoms with E-state index in [2.05, 4.69) is 15.9 Å². The van der Waals surface area contributed by atoms with Gasteiger partial charge >= 0.3 is 0 Å². The maximum Gasteiger partial charge on any atom is 0.255 e. The summed E-state index contributed by atoms with van der Waals surface area (Å²) < 4.78 is 13.4. The van der Waals surface area contributed by atoms with Crippen molar-refractivity contribution < 1.29 is 14.0 Å². The molecule has 2 rings (SSSR count). The fourth-order valence-electron chi connectivity index (χ4n) is 2.17. The second-order valence-electron chi connectivity index (χ2n) is 5.03. The van der Waals surface area contributed by atoms with Gasteiger partial charge in [0.1, 0.15) is 5.82 Å². The van der Waals surface area contributed by atoms with Gasteiger partial charge in [-0.25, -0.2) is 4.39 Å². The van der Waals surface area contributed by atoms with Crippen LogP contribution in [-0.4, -0.2) is 29.8 Å². The van der Waals surface area contributed by atoms with Gasteiger partial charge in [0.25, 0.3) is 5.91 Å². The van der Waals surface area contributed by atoms with Gasteiger partial charge in [0, 0.05) is 17.6 Å². The SMILES string of the molecule is CC1(C(N)=O)CCN(C(=O)c2ccc(F)cc2Br)C1. The Bertz CT molecular complexity index is 549. The summed E-state index contributed by atoms with van der Waals surface area (Å²) >= 11 is 3.17. The predicted molar refractivity (Wildman–Crippen MR) is 71.9 cm³/mol. The number of benzene rings is 1. The van der Waals surface area contributed by atoms with Crippen molar-refractivity contribution in [3.63, 3.8) is 0 Å². The molecule has 0 saturated carbocycles. The lowest BCUT2D eigenvalue weighted by molar-refractivity contribution is -0.126. The number of rotatable bonds is 2. The number of primary amides is 1. The van der Waals surface area contributed by atoms with Gasteiger partial charge in [-0.2, -0.15) is 0 Å². The Morgan fingerprint density at radius 2 is 2.16 bits per heavy atom. The van der Waals surface area contributed by atoms with Crippen LogP contribution in [0.15, 0.2) is 22.7 Å². The summed E-state index contributed by atoms with van der Waals surface area (Å²) in [5.74, 6) is -1.04. The lowest BCUT2D eigenvalue weighted by Crippen LogP contribution is -2.38. The second kappa shape index (κ2) is 4.92. The van der Waals surface area contributed by atoms with E-state index in [0.29, 0.717) is 29.5 Å². The summed E-state index contributed by atoms with van der Waals surface area (Å²) in [6.07, 6.45) is 0.548. The maximum atomic E-state index is 13.0. The third-order valence-electron chi connectivity index (χ3n) is 3.52. The molecule has 1 aliphatic heterocycles. The van der Waals surface area contributed by atoms with Gasteiger partial charge in [-0.05, 0) is 47.5 Å². The van der Waals surface area contributed by atoms with Gasteiger partial charge in [-0.15, -0.1) is 0 Å². The van der Waals surface area contributed by atoms with Crippen LogP contribution in [0.5, 0.6) is 0 Å². The second-order valence-corrected chi connectivity index (χ2v) is 5.88. The lowest BCUT2D eigenvalue weighted by atomic mass is 9.89. The van der Waals surface area contributed by atoms with Crippen molar-refractivity contribution >= 4 is 27.7 Å². The third kappa shape index (κ3) is 2.63. The Labute approximate surface area is 118 Å². The van der Waals surface area contributed by atoms with Gasteiger partial charge < -0.3 is 10.6 Å². The fourth-order valence-corrected chi connectivity index (χ4v) is 2.69. The molecule has 0 aromatic heterocycles. The summed E-state index contributed by atoms with van der Waals surface area (Å²) in [5.41, 5.74) is 5.05. The summed E-state index contributed by atoms with van der Waals surface area (Å²) in [4.78, 5) is 25.2. The summed E-state index contributed by atoms with van der Waals surface area (Å²) in [6, 6.07) is 3.92. The smallest absolute Gasteiger partial charge is 0.255 e. The Hall–Kier alpha value is -1.43. The molecule has 1 heterocycles. The number of amides is 2. The molecule has 1 atom stereocenters. The number of likely N-dealkylation sites (tertiary alicyclic amines) is 1. The summed E-state index contributed by atoms with van der Waals surface area (Å²) in [6.45, 7) is 2.52. The van der Waals surface area contributed by atoms with E-state index in [-0.39, 0.29) is 5.91 Å². The number of nitrogens with zero attached hydrogens (tertiary/aromatic N) is 1. The van der Waals surface area contributed by atoms with E-state index in [4.69, 9.17) is 5.73 Å². The first-order chi connectivity index (χ1) is 8.83. The molecule has 102 valence electrons. The van der Waals surface area contributed by atoms with Gasteiger partial charge in [0.2, 0.25) is 5.91 Å². The molecule has 1 saturated heterocycles. The van der Waals surface area contributed by atoms with E-state index in [0.717, 1.165) is 0 Å². The van der Waals surface area contributed by atoms with Gasteiger partial charge in [-0.3, -0.25) is 9.59 Å². The molecule has 6 heteroatoms. The van der Waals surface area contributed by atoms with Crippen molar-refractivity contribution in [2.75, 3.05) is 13.1 Å². The van der Waals surface area contributed by atoms with E-state index in [9.17, 15) is 14.0 Å². The average Bonchev–Trinajstić information content (AvgIpc) is 2.73. The first-order valence-corrected chi connectivity index (χ1v) is 6.67. The molecule has 1 unspecified atom stereocenters. The maximum absolute atomic E-state index is 13.0. The van der Waals surface area contributed by atoms with Gasteiger partial charge in [0.05, 0.1) is 11.0 Å². The molecule has 19 heavy (non-hydrogen) atoms. The number of hydrogen-bond acceptors (Lipinski definition) is 2. The van der Waals surface area contributed by atoms with Crippen molar-refractivity contribution in [2.24, 2.45) is 11.1 Å². The van der Waals surface area contributed by atoms with E-state index < -0.39 is 17.1 Å². The molecule has 2 amide bonds. The Morgan fingerprint density at radius 3 is 2.68 bits per heavy atom. The largest absolute Gasteiger partial charge is 0.369 e. The highest BCUT2D eigenvalue weighted by atomic mass is 79.9. The van der Waals surface area contributed by atoms with E-state index in [1.165, 1.54) is 18.2 Å². The van der Waals surface area contributed by atoms with Gasteiger partial charge in [-0.1, -0.05) is 0 Å². The molecule has 0 aliphatic carbocycles. The van der Waals surface area contributed by atoms with Crippen LogP contribution in [0.1, 0.15) is 23.7 Å². The highest BCUT2D eigenvalue weighted by Gasteiger charge is 2.41. The number of halogens is 2. The monoisotopic (exact) mass is 328 g/mol. The predicted octanol–water partition coefficient (Wildman–Crippen LogP) is 1.93. The minimum Gasteiger partial charge on any atom is -0.369 e. The van der Waals surface area contributed by atoms with Crippen LogP contribution in [0.2, 0.25) is 0 Å². The zero-order valence-electron chi connectivity index (χ0n) is 10.5. The molecule has 1 aromatic rings. The number of hydrogen-bond donors (Lipinski definition) is 1. The Kier molecular flexibility index (Phi) is 3.62. The van der Waals surface area contributed by atoms with Crippen LogP contribution in [-0.2, 0) is 4.79 Å².